The lowest BCUT2D eigenvalue weighted by atomic mass is 9.69. The summed E-state index contributed by atoms with van der Waals surface area (Å²) in [6, 6.07) is 0. The van der Waals surface area contributed by atoms with Crippen molar-refractivity contribution in [3.8, 4) is 0 Å². The van der Waals surface area contributed by atoms with Crippen molar-refractivity contribution in [3.63, 3.8) is 0 Å². The number of fused-ring (bicyclic) bond motifs is 1. The Balaban J connectivity index is 1.39. The molecule has 0 bridgehead atoms. The Hall–Kier alpha value is -1.14. The van der Waals surface area contributed by atoms with E-state index < -0.39 is 5.97 Å². The molecular formula is C19H31NO5. The first-order valence-electron chi connectivity index (χ1n) is 9.83. The summed E-state index contributed by atoms with van der Waals surface area (Å²) in [6.45, 7) is 0.326. The molecule has 6 nitrogen and oxygen atoms in total. The second kappa shape index (κ2) is 8.49. The number of nitrogens with zero attached hydrogens (tertiary/aromatic N) is 1. The molecule has 3 saturated carbocycles. The summed E-state index contributed by atoms with van der Waals surface area (Å²) in [7, 11) is 0. The van der Waals surface area contributed by atoms with Crippen LogP contribution in [-0.4, -0.2) is 45.8 Å². The average molecular weight is 353 g/mol. The minimum Gasteiger partial charge on any atom is -0.481 e. The molecule has 0 aromatic rings. The number of aliphatic hydroxyl groups excluding tert-OH is 2. The highest BCUT2D eigenvalue weighted by atomic mass is 16.6. The van der Waals surface area contributed by atoms with Gasteiger partial charge < -0.3 is 20.2 Å². The van der Waals surface area contributed by atoms with Crippen LogP contribution in [0.2, 0.25) is 0 Å². The summed E-state index contributed by atoms with van der Waals surface area (Å²) in [4.78, 5) is 15.7. The zero-order valence-corrected chi connectivity index (χ0v) is 14.8. The molecule has 6 heteroatoms. The molecule has 3 aliphatic carbocycles. The van der Waals surface area contributed by atoms with Crippen molar-refractivity contribution in [1.82, 2.24) is 0 Å². The molecule has 142 valence electrons. The van der Waals surface area contributed by atoms with Gasteiger partial charge in [-0.25, -0.2) is 0 Å². The van der Waals surface area contributed by atoms with Gasteiger partial charge in [-0.3, -0.25) is 4.79 Å². The molecule has 0 spiro atoms. The number of hydrogen-bond donors (Lipinski definition) is 3. The third kappa shape index (κ3) is 4.53. The van der Waals surface area contributed by atoms with Crippen LogP contribution < -0.4 is 0 Å². The van der Waals surface area contributed by atoms with Crippen LogP contribution in [0, 0.1) is 23.7 Å². The number of hydrogen-bond acceptors (Lipinski definition) is 5. The van der Waals surface area contributed by atoms with Gasteiger partial charge in [-0.1, -0.05) is 18.0 Å². The SMILES string of the molecule is O=C(O)CCCON=C1CC2C1CC(O)C2CCC(O)C1CCCC1. The minimum absolute atomic E-state index is 0.0982. The summed E-state index contributed by atoms with van der Waals surface area (Å²) in [5.74, 6) is 0.691. The monoisotopic (exact) mass is 353 g/mol. The second-order valence-corrected chi connectivity index (χ2v) is 8.04. The van der Waals surface area contributed by atoms with Crippen molar-refractivity contribution in [2.45, 2.75) is 76.4 Å². The van der Waals surface area contributed by atoms with E-state index in [9.17, 15) is 15.0 Å². The molecule has 0 amide bonds. The Bertz CT molecular complexity index is 488. The van der Waals surface area contributed by atoms with Crippen LogP contribution in [0.15, 0.2) is 5.16 Å². The lowest BCUT2D eigenvalue weighted by Crippen LogP contribution is -2.37. The highest BCUT2D eigenvalue weighted by Crippen LogP contribution is 2.50. The predicted octanol–water partition coefficient (Wildman–Crippen LogP) is 2.57. The van der Waals surface area contributed by atoms with E-state index in [1.165, 1.54) is 12.8 Å². The van der Waals surface area contributed by atoms with Crippen LogP contribution in [0.25, 0.3) is 0 Å². The highest BCUT2D eigenvalue weighted by Gasteiger charge is 2.51. The largest absolute Gasteiger partial charge is 0.481 e. The summed E-state index contributed by atoms with van der Waals surface area (Å²) in [5.41, 5.74) is 1.01. The van der Waals surface area contributed by atoms with Crippen molar-refractivity contribution < 1.29 is 25.0 Å². The molecule has 0 aliphatic heterocycles. The van der Waals surface area contributed by atoms with E-state index in [4.69, 9.17) is 9.94 Å². The van der Waals surface area contributed by atoms with Crippen molar-refractivity contribution in [2.24, 2.45) is 28.8 Å². The van der Waals surface area contributed by atoms with E-state index in [1.807, 2.05) is 0 Å². The summed E-state index contributed by atoms with van der Waals surface area (Å²) >= 11 is 0. The fourth-order valence-corrected chi connectivity index (χ4v) is 4.97. The summed E-state index contributed by atoms with van der Waals surface area (Å²) in [5, 5.41) is 33.5. The smallest absolute Gasteiger partial charge is 0.303 e. The van der Waals surface area contributed by atoms with E-state index in [2.05, 4.69) is 5.16 Å². The molecule has 25 heavy (non-hydrogen) atoms. The van der Waals surface area contributed by atoms with Crippen LogP contribution >= 0.6 is 0 Å². The topological polar surface area (TPSA) is 99.4 Å². The lowest BCUT2D eigenvalue weighted by molar-refractivity contribution is -0.137. The first-order valence-corrected chi connectivity index (χ1v) is 9.83. The maximum absolute atomic E-state index is 10.4. The predicted molar refractivity (Wildman–Crippen MR) is 93.2 cm³/mol. The first kappa shape index (κ1) is 18.6. The summed E-state index contributed by atoms with van der Waals surface area (Å²) in [6.07, 6.45) is 8.14. The van der Waals surface area contributed by atoms with E-state index in [0.717, 1.165) is 44.2 Å². The van der Waals surface area contributed by atoms with Gasteiger partial charge in [0.1, 0.15) is 6.61 Å². The van der Waals surface area contributed by atoms with Gasteiger partial charge in [0.2, 0.25) is 0 Å². The fourth-order valence-electron chi connectivity index (χ4n) is 4.97. The Morgan fingerprint density at radius 1 is 1.32 bits per heavy atom. The Labute approximate surface area is 149 Å². The quantitative estimate of drug-likeness (QED) is 0.437. The molecule has 3 N–H and O–H groups in total. The van der Waals surface area contributed by atoms with Crippen LogP contribution in [0.3, 0.4) is 0 Å². The van der Waals surface area contributed by atoms with E-state index in [0.29, 0.717) is 30.8 Å². The van der Waals surface area contributed by atoms with Gasteiger partial charge in [0.15, 0.2) is 0 Å². The molecule has 0 aromatic carbocycles. The van der Waals surface area contributed by atoms with Crippen LogP contribution in [0.1, 0.15) is 64.2 Å². The Morgan fingerprint density at radius 2 is 2.08 bits per heavy atom. The number of oxime groups is 1. The molecule has 0 heterocycles. The number of carboxylic acids is 1. The third-order valence-corrected chi connectivity index (χ3v) is 6.48. The third-order valence-electron chi connectivity index (χ3n) is 6.48. The van der Waals surface area contributed by atoms with Crippen molar-refractivity contribution in [3.05, 3.63) is 0 Å². The van der Waals surface area contributed by atoms with E-state index in [1.54, 1.807) is 0 Å². The number of aliphatic carboxylic acids is 1. The van der Waals surface area contributed by atoms with Crippen LogP contribution in [-0.2, 0) is 9.63 Å². The molecule has 3 rings (SSSR count). The van der Waals surface area contributed by atoms with Gasteiger partial charge in [-0.15, -0.1) is 0 Å². The number of rotatable bonds is 9. The van der Waals surface area contributed by atoms with Crippen molar-refractivity contribution in [1.29, 1.82) is 0 Å². The minimum atomic E-state index is -0.818. The van der Waals surface area contributed by atoms with Gasteiger partial charge in [-0.2, -0.15) is 0 Å². The first-order chi connectivity index (χ1) is 12.1. The molecule has 0 aromatic heterocycles. The van der Waals surface area contributed by atoms with Crippen molar-refractivity contribution >= 4 is 11.7 Å². The van der Waals surface area contributed by atoms with Crippen LogP contribution in [0.4, 0.5) is 0 Å². The molecule has 5 atom stereocenters. The average Bonchev–Trinajstić information content (AvgIpc) is 3.17. The number of carboxylic acid groups (broad SMARTS) is 1. The van der Waals surface area contributed by atoms with E-state index >= 15 is 0 Å². The molecule has 3 aliphatic rings. The summed E-state index contributed by atoms with van der Waals surface area (Å²) < 4.78 is 0. The maximum atomic E-state index is 10.4. The van der Waals surface area contributed by atoms with Gasteiger partial charge in [0, 0.05) is 12.3 Å². The Morgan fingerprint density at radius 3 is 2.80 bits per heavy atom. The number of aliphatic hydroxyl groups is 2. The zero-order chi connectivity index (χ0) is 17.8. The van der Waals surface area contributed by atoms with Crippen molar-refractivity contribution in [2.75, 3.05) is 6.61 Å². The molecule has 3 fully saturated rings. The lowest BCUT2D eigenvalue weighted by Gasteiger charge is -2.35. The number of carbonyl (C=O) groups is 1. The second-order valence-electron chi connectivity index (χ2n) is 8.04. The standard InChI is InChI=1S/C19H31NO5/c21-17(12-4-1-2-5-12)8-7-13-14-10-16(15(14)11-18(13)22)20-25-9-3-6-19(23)24/h12-15,17-18,21-22H,1-11H2,(H,23,24). The molecule has 5 unspecified atom stereocenters. The highest BCUT2D eigenvalue weighted by molar-refractivity contribution is 5.93. The van der Waals surface area contributed by atoms with Gasteiger partial charge in [0.05, 0.1) is 17.9 Å². The zero-order valence-electron chi connectivity index (χ0n) is 14.8. The van der Waals surface area contributed by atoms with Gasteiger partial charge in [0.25, 0.3) is 0 Å². The molecule has 0 radical (unpaired) electrons. The normalized spacial score (nSPS) is 34.7. The Kier molecular flexibility index (Phi) is 6.34. The fraction of sp³-hybridized carbons (Fsp3) is 0.895. The molecule has 0 saturated heterocycles. The molecular weight excluding hydrogens is 322 g/mol. The van der Waals surface area contributed by atoms with Gasteiger partial charge >= 0.3 is 5.97 Å². The van der Waals surface area contributed by atoms with E-state index in [-0.39, 0.29) is 24.5 Å². The maximum Gasteiger partial charge on any atom is 0.303 e. The van der Waals surface area contributed by atoms with Crippen LogP contribution in [0.5, 0.6) is 0 Å². The van der Waals surface area contributed by atoms with Gasteiger partial charge in [-0.05, 0) is 62.7 Å².